The number of carbonyl (C=O) groups excluding carboxylic acids is 1. The van der Waals surface area contributed by atoms with Crippen molar-refractivity contribution in [2.24, 2.45) is 7.05 Å². The Hall–Kier alpha value is -1.38. The second-order valence-corrected chi connectivity index (χ2v) is 11.7. The molecule has 0 unspecified atom stereocenters. The van der Waals surface area contributed by atoms with Crippen molar-refractivity contribution in [3.63, 3.8) is 0 Å². The summed E-state index contributed by atoms with van der Waals surface area (Å²) in [7, 11) is -1.86. The molecule has 3 aliphatic rings. The fourth-order valence-corrected chi connectivity index (χ4v) is 7.73. The van der Waals surface area contributed by atoms with Gasteiger partial charge >= 0.3 is 0 Å². The highest BCUT2D eigenvalue weighted by atomic mass is 32.2. The fourth-order valence-electron chi connectivity index (χ4n) is 5.78. The molecule has 4 rings (SSSR count). The first-order valence-corrected chi connectivity index (χ1v) is 14.0. The molecular formula is C24H40N4O3S. The summed E-state index contributed by atoms with van der Waals surface area (Å²) in [4.78, 5) is 18.2. The van der Waals surface area contributed by atoms with Crippen LogP contribution in [0.2, 0.25) is 0 Å². The first-order valence-electron chi connectivity index (χ1n) is 12.5. The van der Waals surface area contributed by atoms with Crippen LogP contribution in [0.15, 0.2) is 4.90 Å². The van der Waals surface area contributed by atoms with Crippen molar-refractivity contribution < 1.29 is 13.2 Å². The van der Waals surface area contributed by atoms with Crippen LogP contribution in [0.25, 0.3) is 0 Å². The molecule has 0 aliphatic carbocycles. The zero-order valence-electron chi connectivity index (χ0n) is 20.1. The van der Waals surface area contributed by atoms with E-state index in [2.05, 4.69) is 4.90 Å². The van der Waals surface area contributed by atoms with Gasteiger partial charge in [0.15, 0.2) is 0 Å². The van der Waals surface area contributed by atoms with E-state index in [1.807, 2.05) is 30.4 Å². The molecule has 1 aromatic heterocycles. The highest BCUT2D eigenvalue weighted by Gasteiger charge is 2.38. The minimum atomic E-state index is -3.73. The van der Waals surface area contributed by atoms with E-state index >= 15 is 0 Å². The third-order valence-electron chi connectivity index (χ3n) is 7.96. The lowest BCUT2D eigenvalue weighted by Gasteiger charge is -2.39. The lowest BCUT2D eigenvalue weighted by Crippen LogP contribution is -2.48. The van der Waals surface area contributed by atoms with Gasteiger partial charge in [-0.1, -0.05) is 19.3 Å². The molecular weight excluding hydrogens is 424 g/mol. The van der Waals surface area contributed by atoms with Crippen molar-refractivity contribution in [1.82, 2.24) is 18.7 Å². The average molecular weight is 465 g/mol. The number of nitrogens with zero attached hydrogens (tertiary/aromatic N) is 4. The molecule has 0 N–H and O–H groups in total. The highest BCUT2D eigenvalue weighted by molar-refractivity contribution is 7.89. The number of sulfonamides is 1. The van der Waals surface area contributed by atoms with Crippen LogP contribution in [-0.2, 0) is 17.1 Å². The van der Waals surface area contributed by atoms with Crippen molar-refractivity contribution in [3.05, 3.63) is 17.0 Å². The van der Waals surface area contributed by atoms with Gasteiger partial charge in [-0.25, -0.2) is 8.42 Å². The molecule has 0 atom stereocenters. The molecule has 1 aromatic rings. The number of likely N-dealkylation sites (tertiary alicyclic amines) is 2. The summed E-state index contributed by atoms with van der Waals surface area (Å²) >= 11 is 0. The molecule has 0 aromatic carbocycles. The number of amides is 1. The molecule has 3 saturated heterocycles. The van der Waals surface area contributed by atoms with Gasteiger partial charge in [-0.2, -0.15) is 4.31 Å². The Morgan fingerprint density at radius 1 is 0.781 bits per heavy atom. The summed E-state index contributed by atoms with van der Waals surface area (Å²) in [5, 5.41) is 0. The monoisotopic (exact) mass is 464 g/mol. The molecule has 0 saturated carbocycles. The lowest BCUT2D eigenvalue weighted by atomic mass is 10.0. The number of aromatic nitrogens is 1. The zero-order chi connectivity index (χ0) is 22.9. The predicted molar refractivity (Wildman–Crippen MR) is 126 cm³/mol. The van der Waals surface area contributed by atoms with Crippen LogP contribution in [0.5, 0.6) is 0 Å². The maximum Gasteiger partial charge on any atom is 0.257 e. The number of carbonyl (C=O) groups is 1. The molecule has 0 radical (unpaired) electrons. The maximum atomic E-state index is 13.9. The molecule has 3 aliphatic heterocycles. The Morgan fingerprint density at radius 3 is 1.91 bits per heavy atom. The van der Waals surface area contributed by atoms with Gasteiger partial charge in [0, 0.05) is 50.7 Å². The maximum absolute atomic E-state index is 13.9. The Bertz CT molecular complexity index is 918. The van der Waals surface area contributed by atoms with Crippen LogP contribution in [0.1, 0.15) is 79.5 Å². The van der Waals surface area contributed by atoms with Crippen LogP contribution >= 0.6 is 0 Å². The zero-order valence-corrected chi connectivity index (χ0v) is 20.9. The summed E-state index contributed by atoms with van der Waals surface area (Å²) in [6, 6.07) is 0.485. The molecule has 32 heavy (non-hydrogen) atoms. The summed E-state index contributed by atoms with van der Waals surface area (Å²) in [5.41, 5.74) is 1.81. The Kier molecular flexibility index (Phi) is 7.32. The van der Waals surface area contributed by atoms with Crippen LogP contribution in [0, 0.1) is 13.8 Å². The number of rotatable bonds is 4. The predicted octanol–water partition coefficient (Wildman–Crippen LogP) is 3.30. The summed E-state index contributed by atoms with van der Waals surface area (Å²) in [6.45, 7) is 8.49. The van der Waals surface area contributed by atoms with Crippen molar-refractivity contribution in [3.8, 4) is 0 Å². The van der Waals surface area contributed by atoms with Crippen LogP contribution < -0.4 is 0 Å². The van der Waals surface area contributed by atoms with E-state index in [1.165, 1.54) is 19.3 Å². The number of hydrogen-bond acceptors (Lipinski definition) is 4. The standard InChI is InChI=1S/C24H40N4O3S/c1-19-22(24(29)27-15-7-4-5-8-16-27)23(20(2)25(19)3)32(30,31)28-17-11-21(12-18-28)26-13-9-6-10-14-26/h21H,4-18H2,1-3H3. The summed E-state index contributed by atoms with van der Waals surface area (Å²) in [6.07, 6.45) is 9.81. The molecule has 0 bridgehead atoms. The van der Waals surface area contributed by atoms with Crippen molar-refractivity contribution >= 4 is 15.9 Å². The summed E-state index contributed by atoms with van der Waals surface area (Å²) in [5.74, 6) is -0.116. The third kappa shape index (κ3) is 4.50. The second-order valence-electron chi connectivity index (χ2n) is 9.87. The number of piperidine rings is 2. The van der Waals surface area contributed by atoms with Crippen molar-refractivity contribution in [2.45, 2.75) is 82.6 Å². The van der Waals surface area contributed by atoms with Gasteiger partial charge in [0.05, 0.1) is 5.56 Å². The van der Waals surface area contributed by atoms with Crippen molar-refractivity contribution in [2.75, 3.05) is 39.3 Å². The smallest absolute Gasteiger partial charge is 0.257 e. The minimum absolute atomic E-state index is 0.116. The molecule has 8 heteroatoms. The van der Waals surface area contributed by atoms with Gasteiger partial charge in [0.1, 0.15) is 4.90 Å². The summed E-state index contributed by atoms with van der Waals surface area (Å²) < 4.78 is 31.2. The average Bonchev–Trinajstić information content (AvgIpc) is 3.00. The Morgan fingerprint density at radius 2 is 1.31 bits per heavy atom. The van der Waals surface area contributed by atoms with Gasteiger partial charge < -0.3 is 14.4 Å². The van der Waals surface area contributed by atoms with Crippen molar-refractivity contribution in [1.29, 1.82) is 0 Å². The quantitative estimate of drug-likeness (QED) is 0.686. The van der Waals surface area contributed by atoms with E-state index in [9.17, 15) is 13.2 Å². The minimum Gasteiger partial charge on any atom is -0.350 e. The lowest BCUT2D eigenvalue weighted by molar-refractivity contribution is 0.0756. The van der Waals surface area contributed by atoms with E-state index in [0.29, 0.717) is 43.5 Å². The molecule has 0 spiro atoms. The molecule has 7 nitrogen and oxygen atoms in total. The largest absolute Gasteiger partial charge is 0.350 e. The first kappa shape index (κ1) is 23.8. The Labute approximate surface area is 193 Å². The molecule has 3 fully saturated rings. The third-order valence-corrected chi connectivity index (χ3v) is 10.0. The van der Waals surface area contributed by atoms with Gasteiger partial charge in [0.25, 0.3) is 5.91 Å². The molecule has 4 heterocycles. The molecule has 1 amide bonds. The second kappa shape index (κ2) is 9.85. The fraction of sp³-hybridized carbons (Fsp3) is 0.792. The SMILES string of the molecule is Cc1c(C(=O)N2CCCCCC2)c(S(=O)(=O)N2CCC(N3CCCCC3)CC2)c(C)n1C. The van der Waals surface area contributed by atoms with Crippen LogP contribution in [0.4, 0.5) is 0 Å². The topological polar surface area (TPSA) is 65.9 Å². The molecule has 180 valence electrons. The van der Waals surface area contributed by atoms with Crippen LogP contribution in [-0.4, -0.2) is 78.3 Å². The van der Waals surface area contributed by atoms with Gasteiger partial charge in [-0.05, 0) is 65.5 Å². The van der Waals surface area contributed by atoms with Gasteiger partial charge in [-0.3, -0.25) is 4.79 Å². The Balaban J connectivity index is 1.58. The van der Waals surface area contributed by atoms with E-state index in [1.54, 1.807) is 4.31 Å². The van der Waals surface area contributed by atoms with E-state index in [0.717, 1.165) is 57.3 Å². The van der Waals surface area contributed by atoms with E-state index in [4.69, 9.17) is 0 Å². The van der Waals surface area contributed by atoms with Crippen LogP contribution in [0.3, 0.4) is 0 Å². The normalized spacial score (nSPS) is 22.8. The van der Waals surface area contributed by atoms with Gasteiger partial charge in [0.2, 0.25) is 10.0 Å². The van der Waals surface area contributed by atoms with E-state index in [-0.39, 0.29) is 10.8 Å². The number of hydrogen-bond donors (Lipinski definition) is 0. The van der Waals surface area contributed by atoms with Gasteiger partial charge in [-0.15, -0.1) is 0 Å². The van der Waals surface area contributed by atoms with E-state index < -0.39 is 10.0 Å². The highest BCUT2D eigenvalue weighted by Crippen LogP contribution is 2.32. The first-order chi connectivity index (χ1) is 15.3.